The zero-order valence-electron chi connectivity index (χ0n) is 32.7. The number of likely N-dealkylation sites (tertiary alicyclic amines) is 1. The van der Waals surface area contributed by atoms with Gasteiger partial charge in [-0.1, -0.05) is 57.0 Å². The van der Waals surface area contributed by atoms with Gasteiger partial charge in [-0.25, -0.2) is 34.4 Å². The monoisotopic (exact) mass is 770 g/mol. The van der Waals surface area contributed by atoms with E-state index in [0.29, 0.717) is 41.4 Å². The Hall–Kier alpha value is -5.73. The fourth-order valence-electron chi connectivity index (χ4n) is 7.78. The number of nitrogens with one attached hydrogen (secondary N) is 4. The molecule has 1 aliphatic carbocycles. The number of halogens is 1. The van der Waals surface area contributed by atoms with Crippen molar-refractivity contribution >= 4 is 24.0 Å². The number of carbonyl (C=O) groups is 4. The van der Waals surface area contributed by atoms with Gasteiger partial charge in [-0.05, 0) is 74.3 Å². The fraction of sp³-hybridized carbons (Fsp3) is 0.463. The van der Waals surface area contributed by atoms with E-state index in [9.17, 15) is 19.2 Å². The largest absolute Gasteiger partial charge is 0.453 e. The van der Waals surface area contributed by atoms with Gasteiger partial charge in [0.25, 0.3) is 0 Å². The van der Waals surface area contributed by atoms with Gasteiger partial charge in [-0.15, -0.1) is 0 Å². The molecule has 2 aliphatic rings. The molecule has 4 N–H and O–H groups in total. The smallest absolute Gasteiger partial charge is 0.425 e. The number of alkyl carbamates (subject to hydrolysis) is 1. The highest BCUT2D eigenvalue weighted by Crippen LogP contribution is 2.39. The Morgan fingerprint density at radius 3 is 2.14 bits per heavy atom. The first kappa shape index (κ1) is 39.9. The minimum absolute atomic E-state index is 0.129. The van der Waals surface area contributed by atoms with Gasteiger partial charge in [0.2, 0.25) is 11.8 Å². The van der Waals surface area contributed by atoms with E-state index in [1.165, 1.54) is 25.3 Å². The molecule has 1 saturated carbocycles. The number of methoxy groups -OCH3 is 2. The van der Waals surface area contributed by atoms with Crippen LogP contribution < -0.4 is 10.7 Å². The molecule has 0 spiro atoms. The number of H-pyrrole nitrogens is 2. The van der Waals surface area contributed by atoms with E-state index >= 15 is 4.39 Å². The number of imidazole rings is 2. The molecule has 56 heavy (non-hydrogen) atoms. The summed E-state index contributed by atoms with van der Waals surface area (Å²) in [5, 5.41) is 3.99. The van der Waals surface area contributed by atoms with Gasteiger partial charge in [0.05, 0.1) is 44.0 Å². The summed E-state index contributed by atoms with van der Waals surface area (Å²) in [5.41, 5.74) is 6.62. The number of hydrogen-bond acceptors (Lipinski definition) is 8. The number of aromatic amines is 2. The maximum Gasteiger partial charge on any atom is 0.425 e. The molecular formula is C41H51FN8O6. The second-order valence-electron chi connectivity index (χ2n) is 15.1. The van der Waals surface area contributed by atoms with Crippen LogP contribution in [-0.4, -0.2) is 86.7 Å². The lowest BCUT2D eigenvalue weighted by molar-refractivity contribution is -0.142. The van der Waals surface area contributed by atoms with Crippen LogP contribution in [0.1, 0.15) is 89.8 Å². The molecule has 298 valence electrons. The van der Waals surface area contributed by atoms with E-state index in [1.807, 2.05) is 58.0 Å². The highest BCUT2D eigenvalue weighted by molar-refractivity contribution is 5.86. The van der Waals surface area contributed by atoms with Crippen LogP contribution in [0.3, 0.4) is 0 Å². The van der Waals surface area contributed by atoms with Crippen molar-refractivity contribution in [3.63, 3.8) is 0 Å². The third-order valence-corrected chi connectivity index (χ3v) is 10.8. The standard InChI is InChI=1S/C41H51FN8O6/c1-23(2)35(47-40(53)55-5)39(52)49-19-9-12-34(49)37-44-21-32(45-37)26-15-13-25(14-16-26)27-17-18-30(31(42)20-27)33-22-43-36(46-33)28-10-7-8-11-29(28)38(51)50(24(3)4)48-41(54)56-6/h13-18,20-24,28-29,34-35H,7-12,19H2,1-6H3,(H,43,46)(H,44,45)(H,47,53)(H,48,54)/t28-,29-,34-,35?/m0/s1. The van der Waals surface area contributed by atoms with Crippen molar-refractivity contribution in [2.45, 2.75) is 90.3 Å². The highest BCUT2D eigenvalue weighted by atomic mass is 19.1. The summed E-state index contributed by atoms with van der Waals surface area (Å²) in [6, 6.07) is 11.6. The number of carbonyl (C=O) groups excluding carboxylic acids is 4. The first-order valence-corrected chi connectivity index (χ1v) is 19.2. The van der Waals surface area contributed by atoms with Crippen molar-refractivity contribution in [2.75, 3.05) is 20.8 Å². The summed E-state index contributed by atoms with van der Waals surface area (Å²) in [4.78, 5) is 68.8. The number of amides is 4. The Morgan fingerprint density at radius 2 is 1.46 bits per heavy atom. The van der Waals surface area contributed by atoms with Crippen LogP contribution in [0.4, 0.5) is 14.0 Å². The van der Waals surface area contributed by atoms with Crippen molar-refractivity contribution in [3.05, 3.63) is 72.3 Å². The Kier molecular flexibility index (Phi) is 12.4. The van der Waals surface area contributed by atoms with E-state index in [-0.39, 0.29) is 35.7 Å². The predicted octanol–water partition coefficient (Wildman–Crippen LogP) is 7.10. The van der Waals surface area contributed by atoms with Crippen LogP contribution >= 0.6 is 0 Å². The lowest BCUT2D eigenvalue weighted by Gasteiger charge is -2.35. The molecule has 1 aliphatic heterocycles. The number of aromatic nitrogens is 4. The molecule has 2 aromatic heterocycles. The van der Waals surface area contributed by atoms with Gasteiger partial charge in [0.15, 0.2) is 0 Å². The minimum atomic E-state index is -0.715. The average molecular weight is 771 g/mol. The van der Waals surface area contributed by atoms with Crippen LogP contribution in [0.5, 0.6) is 0 Å². The van der Waals surface area contributed by atoms with Crippen molar-refractivity contribution in [3.8, 4) is 33.6 Å². The van der Waals surface area contributed by atoms with E-state index in [0.717, 1.165) is 48.9 Å². The van der Waals surface area contributed by atoms with Crippen LogP contribution in [0, 0.1) is 17.7 Å². The van der Waals surface area contributed by atoms with E-state index < -0.39 is 30.0 Å². The van der Waals surface area contributed by atoms with Crippen molar-refractivity contribution < 1.29 is 33.0 Å². The molecule has 14 nitrogen and oxygen atoms in total. The van der Waals surface area contributed by atoms with Gasteiger partial charge < -0.3 is 29.7 Å². The van der Waals surface area contributed by atoms with Gasteiger partial charge in [0, 0.05) is 30.0 Å². The number of benzene rings is 2. The van der Waals surface area contributed by atoms with Crippen molar-refractivity contribution in [2.24, 2.45) is 11.8 Å². The van der Waals surface area contributed by atoms with Crippen LogP contribution in [0.15, 0.2) is 54.9 Å². The number of nitrogens with zero attached hydrogens (tertiary/aromatic N) is 4. The maximum atomic E-state index is 15.8. The fourth-order valence-corrected chi connectivity index (χ4v) is 7.78. The van der Waals surface area contributed by atoms with Gasteiger partial charge in [0.1, 0.15) is 23.5 Å². The molecule has 0 radical (unpaired) electrons. The van der Waals surface area contributed by atoms with Gasteiger partial charge >= 0.3 is 12.2 Å². The van der Waals surface area contributed by atoms with E-state index in [2.05, 4.69) is 30.7 Å². The Bertz CT molecular complexity index is 2030. The third-order valence-electron chi connectivity index (χ3n) is 10.8. The summed E-state index contributed by atoms with van der Waals surface area (Å²) in [7, 11) is 2.53. The molecule has 4 amide bonds. The van der Waals surface area contributed by atoms with E-state index in [1.54, 1.807) is 23.4 Å². The van der Waals surface area contributed by atoms with Gasteiger partial charge in [-0.2, -0.15) is 0 Å². The molecule has 3 heterocycles. The minimum Gasteiger partial charge on any atom is -0.453 e. The molecule has 4 aromatic rings. The highest BCUT2D eigenvalue weighted by Gasteiger charge is 2.39. The summed E-state index contributed by atoms with van der Waals surface area (Å²) < 4.78 is 25.2. The quantitative estimate of drug-likeness (QED) is 0.124. The Balaban J connectivity index is 1.14. The number of hydrogen-bond donors (Lipinski definition) is 4. The molecule has 4 atom stereocenters. The molecule has 15 heteroatoms. The molecule has 1 unspecified atom stereocenters. The normalized spacial score (nSPS) is 18.8. The molecule has 2 aromatic carbocycles. The molecule has 6 rings (SSSR count). The second kappa shape index (κ2) is 17.4. The summed E-state index contributed by atoms with van der Waals surface area (Å²) in [6.07, 6.45) is 6.74. The molecular weight excluding hydrogens is 719 g/mol. The van der Waals surface area contributed by atoms with Crippen molar-refractivity contribution in [1.29, 1.82) is 0 Å². The molecule has 0 bridgehead atoms. The van der Waals surface area contributed by atoms with Crippen LogP contribution in [0.2, 0.25) is 0 Å². The van der Waals surface area contributed by atoms with Gasteiger partial charge in [-0.3, -0.25) is 9.59 Å². The van der Waals surface area contributed by atoms with Crippen LogP contribution in [-0.2, 0) is 19.1 Å². The third kappa shape index (κ3) is 8.56. The average Bonchev–Trinajstić information content (AvgIpc) is 4.00. The SMILES string of the molecule is COC(=O)NC(C(=O)N1CCC[C@H]1c1ncc(-c2ccc(-c3ccc(-c4cnc([C@H]5CCCC[C@@H]5C(=O)N(NC(=O)OC)C(C)C)[nH]4)c(F)c3)cc2)[nH]1)C(C)C. The lowest BCUT2D eigenvalue weighted by Crippen LogP contribution is -2.53. The first-order valence-electron chi connectivity index (χ1n) is 19.2. The summed E-state index contributed by atoms with van der Waals surface area (Å²) in [5.74, 6) is -0.261. The Morgan fingerprint density at radius 1 is 0.821 bits per heavy atom. The lowest BCUT2D eigenvalue weighted by atomic mass is 9.78. The number of hydrazine groups is 1. The maximum absolute atomic E-state index is 15.8. The zero-order chi connectivity index (χ0) is 40.1. The van der Waals surface area contributed by atoms with Crippen molar-refractivity contribution in [1.82, 2.24) is 40.6 Å². The topological polar surface area (TPSA) is 175 Å². The van der Waals surface area contributed by atoms with Crippen LogP contribution in [0.25, 0.3) is 33.6 Å². The molecule has 2 fully saturated rings. The molecule has 1 saturated heterocycles. The van der Waals surface area contributed by atoms with E-state index in [4.69, 9.17) is 9.47 Å². The first-order chi connectivity index (χ1) is 26.9. The number of rotatable bonds is 10. The second-order valence-corrected chi connectivity index (χ2v) is 15.1. The predicted molar refractivity (Wildman–Crippen MR) is 207 cm³/mol. The zero-order valence-corrected chi connectivity index (χ0v) is 32.7. The summed E-state index contributed by atoms with van der Waals surface area (Å²) in [6.45, 7) is 7.97. The number of ether oxygens (including phenoxy) is 2. The summed E-state index contributed by atoms with van der Waals surface area (Å²) >= 11 is 0. The Labute approximate surface area is 325 Å².